The van der Waals surface area contributed by atoms with Crippen LogP contribution in [0.1, 0.15) is 51.0 Å². The molecule has 1 saturated carbocycles. The number of hydrogen-bond donors (Lipinski definition) is 2. The molecule has 1 aromatic carbocycles. The van der Waals surface area contributed by atoms with Crippen LogP contribution in [0.25, 0.3) is 5.57 Å². The van der Waals surface area contributed by atoms with Crippen molar-refractivity contribution in [2.24, 2.45) is 22.6 Å². The fraction of sp³-hybridized carbons (Fsp3) is 0.400. The summed E-state index contributed by atoms with van der Waals surface area (Å²) in [6.07, 6.45) is 8.85. The molecule has 0 saturated heterocycles. The number of aliphatic carboxylic acids is 1. The van der Waals surface area contributed by atoms with E-state index in [1.165, 1.54) is 43.6 Å². The van der Waals surface area contributed by atoms with Gasteiger partial charge in [0.2, 0.25) is 0 Å². The smallest absolute Gasteiger partial charge is 0.410 e. The van der Waals surface area contributed by atoms with Crippen LogP contribution in [0.4, 0.5) is 17.6 Å². The molecule has 1 aliphatic carbocycles. The Morgan fingerprint density at radius 3 is 2.34 bits per heavy atom. The molecule has 2 rings (SSSR count). The molecule has 0 aliphatic heterocycles. The van der Waals surface area contributed by atoms with Crippen LogP contribution in [0.3, 0.4) is 0 Å². The Hall–Kier alpha value is -3.42. The minimum Gasteiger partial charge on any atom is -0.481 e. The van der Waals surface area contributed by atoms with E-state index in [9.17, 15) is 22.4 Å². The molecular weight excluding hydrogens is 496 g/mol. The predicted octanol–water partition coefficient (Wildman–Crippen LogP) is 7.86. The molecule has 2 atom stereocenters. The van der Waals surface area contributed by atoms with Crippen molar-refractivity contribution in [1.82, 2.24) is 0 Å². The highest BCUT2D eigenvalue weighted by Crippen LogP contribution is 2.26. The number of hydrogen-bond acceptors (Lipinski definition) is 2. The molecule has 8 heteroatoms. The molecule has 0 aromatic heterocycles. The number of aliphatic imine (C=N–C) groups is 1. The molecular formula is C30H38F4N2O2. The van der Waals surface area contributed by atoms with Gasteiger partial charge >= 0.3 is 12.1 Å². The maximum absolute atomic E-state index is 13.0. The highest BCUT2D eigenvalue weighted by molar-refractivity contribution is 6.00. The van der Waals surface area contributed by atoms with Crippen molar-refractivity contribution in [3.63, 3.8) is 0 Å². The summed E-state index contributed by atoms with van der Waals surface area (Å²) < 4.78 is 51.3. The van der Waals surface area contributed by atoms with Crippen molar-refractivity contribution in [2.45, 2.75) is 57.7 Å². The minimum absolute atomic E-state index is 0.0785. The van der Waals surface area contributed by atoms with Gasteiger partial charge in [-0.25, -0.2) is 4.39 Å². The van der Waals surface area contributed by atoms with Crippen LogP contribution in [0.5, 0.6) is 0 Å². The van der Waals surface area contributed by atoms with Crippen LogP contribution in [0.2, 0.25) is 0 Å². The zero-order valence-corrected chi connectivity index (χ0v) is 21.8. The molecule has 4 nitrogen and oxygen atoms in total. The van der Waals surface area contributed by atoms with Gasteiger partial charge in [-0.15, -0.1) is 6.58 Å². The van der Waals surface area contributed by atoms with Gasteiger partial charge in [0, 0.05) is 18.1 Å². The van der Waals surface area contributed by atoms with E-state index in [4.69, 9.17) is 10.8 Å². The Morgan fingerprint density at radius 1 is 1.18 bits per heavy atom. The van der Waals surface area contributed by atoms with Crippen molar-refractivity contribution in [3.8, 4) is 0 Å². The first-order valence-electron chi connectivity index (χ1n) is 12.6. The second kappa shape index (κ2) is 17.2. The van der Waals surface area contributed by atoms with Crippen LogP contribution < -0.4 is 5.73 Å². The van der Waals surface area contributed by atoms with Crippen molar-refractivity contribution in [2.75, 3.05) is 6.67 Å². The number of benzene rings is 1. The Labute approximate surface area is 223 Å². The van der Waals surface area contributed by atoms with E-state index >= 15 is 0 Å². The third-order valence-corrected chi connectivity index (χ3v) is 6.03. The van der Waals surface area contributed by atoms with Crippen molar-refractivity contribution in [1.29, 1.82) is 0 Å². The number of carboxylic acids is 1. The Morgan fingerprint density at radius 2 is 1.82 bits per heavy atom. The highest BCUT2D eigenvalue weighted by atomic mass is 19.4. The highest BCUT2D eigenvalue weighted by Gasteiger charge is 2.25. The zero-order valence-electron chi connectivity index (χ0n) is 21.8. The number of alkyl halides is 4. The quantitative estimate of drug-likeness (QED) is 0.0998. The molecule has 2 unspecified atom stereocenters. The van der Waals surface area contributed by atoms with Gasteiger partial charge in [0.15, 0.2) is 0 Å². The molecule has 1 aliphatic rings. The van der Waals surface area contributed by atoms with Crippen molar-refractivity contribution < 1.29 is 27.5 Å². The summed E-state index contributed by atoms with van der Waals surface area (Å²) in [5.74, 6) is -0.702. The normalized spacial score (nSPS) is 17.1. The number of nitrogens with zero attached hydrogens (tertiary/aromatic N) is 1. The van der Waals surface area contributed by atoms with Gasteiger partial charge in [0.05, 0.1) is 6.04 Å². The van der Waals surface area contributed by atoms with Gasteiger partial charge in [-0.3, -0.25) is 9.79 Å². The van der Waals surface area contributed by atoms with Crippen LogP contribution in [-0.4, -0.2) is 35.8 Å². The van der Waals surface area contributed by atoms with Gasteiger partial charge in [-0.05, 0) is 35.8 Å². The standard InChI is InChI=1S/C22H24F4N2.C8H14O2/c1-4-16(2)20(11-8-14-23)28-21(27)19(15-22(24,25)26)13-12-17(3)18-9-6-5-7-10-18;9-8(10)6-7-4-2-1-3-5-7/h4-13,15-16,20H,1,3,14H2,2H3,(H2,27,28);7H,1-6H2,(H,9,10)/b11-8+,13-12-,19-15-;. The summed E-state index contributed by atoms with van der Waals surface area (Å²) in [4.78, 5) is 14.4. The maximum Gasteiger partial charge on any atom is 0.410 e. The molecule has 208 valence electrons. The molecule has 1 fully saturated rings. The van der Waals surface area contributed by atoms with Crippen LogP contribution in [0, 0.1) is 11.8 Å². The number of carboxylic acid groups (broad SMARTS) is 1. The van der Waals surface area contributed by atoms with Crippen LogP contribution >= 0.6 is 0 Å². The number of rotatable bonds is 11. The third-order valence-electron chi connectivity index (χ3n) is 6.03. The summed E-state index contributed by atoms with van der Waals surface area (Å²) in [5, 5.41) is 8.47. The second-order valence-corrected chi connectivity index (χ2v) is 9.15. The summed E-state index contributed by atoms with van der Waals surface area (Å²) in [6, 6.07) is 8.38. The van der Waals surface area contributed by atoms with Gasteiger partial charge in [-0.1, -0.05) is 93.5 Å². The molecule has 0 spiro atoms. The summed E-state index contributed by atoms with van der Waals surface area (Å²) in [7, 11) is 0. The summed E-state index contributed by atoms with van der Waals surface area (Å²) in [5.41, 5.74) is 6.84. The average Bonchev–Trinajstić information content (AvgIpc) is 2.88. The topological polar surface area (TPSA) is 75.7 Å². The number of halogens is 4. The van der Waals surface area contributed by atoms with E-state index in [1.807, 2.05) is 6.07 Å². The van der Waals surface area contributed by atoms with Crippen LogP contribution in [0.15, 0.2) is 90.5 Å². The summed E-state index contributed by atoms with van der Waals surface area (Å²) in [6.45, 7) is 8.54. The summed E-state index contributed by atoms with van der Waals surface area (Å²) >= 11 is 0. The molecule has 3 N–H and O–H groups in total. The van der Waals surface area contributed by atoms with E-state index in [2.05, 4.69) is 18.2 Å². The number of amidine groups is 1. The first-order chi connectivity index (χ1) is 18.0. The van der Waals surface area contributed by atoms with Gasteiger partial charge in [0.25, 0.3) is 0 Å². The van der Waals surface area contributed by atoms with Gasteiger partial charge < -0.3 is 10.8 Å². The SMILES string of the molecule is C=CC(C)C(/C=C/CF)N=C(N)C(/C=C\C(=C)c1ccccc1)=C\C(F)(F)F.O=C(O)CC1CCCCC1. The lowest BCUT2D eigenvalue weighted by atomic mass is 9.87. The van der Waals surface area contributed by atoms with Crippen molar-refractivity contribution >= 4 is 17.4 Å². The van der Waals surface area contributed by atoms with Crippen LogP contribution in [-0.2, 0) is 4.79 Å². The van der Waals surface area contributed by atoms with Crippen molar-refractivity contribution in [3.05, 3.63) is 91.1 Å². The van der Waals surface area contributed by atoms with E-state index in [0.29, 0.717) is 17.9 Å². The zero-order chi connectivity index (χ0) is 28.6. The largest absolute Gasteiger partial charge is 0.481 e. The lowest BCUT2D eigenvalue weighted by Crippen LogP contribution is -2.22. The van der Waals surface area contributed by atoms with E-state index in [0.717, 1.165) is 18.4 Å². The lowest BCUT2D eigenvalue weighted by Gasteiger charge is -2.18. The lowest BCUT2D eigenvalue weighted by molar-refractivity contribution is -0.138. The van der Waals surface area contributed by atoms with E-state index in [-0.39, 0.29) is 23.4 Å². The van der Waals surface area contributed by atoms with Gasteiger partial charge in [0.1, 0.15) is 12.5 Å². The minimum atomic E-state index is -4.58. The number of carbonyl (C=O) groups is 1. The first-order valence-corrected chi connectivity index (χ1v) is 12.6. The Kier molecular flexibility index (Phi) is 14.7. The average molecular weight is 535 g/mol. The Balaban J connectivity index is 0.000000600. The van der Waals surface area contributed by atoms with E-state index < -0.39 is 24.9 Å². The maximum atomic E-state index is 13.0. The molecule has 0 heterocycles. The van der Waals surface area contributed by atoms with E-state index in [1.54, 1.807) is 37.3 Å². The molecule has 38 heavy (non-hydrogen) atoms. The first kappa shape index (κ1) is 32.6. The van der Waals surface area contributed by atoms with Gasteiger partial charge in [-0.2, -0.15) is 13.2 Å². The fourth-order valence-electron chi connectivity index (χ4n) is 3.86. The second-order valence-electron chi connectivity index (χ2n) is 9.15. The number of nitrogens with two attached hydrogens (primary N) is 1. The predicted molar refractivity (Wildman–Crippen MR) is 147 cm³/mol. The molecule has 0 bridgehead atoms. The monoisotopic (exact) mass is 534 g/mol. The fourth-order valence-corrected chi connectivity index (χ4v) is 3.86. The molecule has 0 amide bonds. The third kappa shape index (κ3) is 13.8. The molecule has 0 radical (unpaired) electrons. The molecule has 1 aromatic rings. The Bertz CT molecular complexity index is 1000. The number of allylic oxidation sites excluding steroid dienone is 4.